The van der Waals surface area contributed by atoms with E-state index in [0.29, 0.717) is 11.4 Å². The lowest BCUT2D eigenvalue weighted by molar-refractivity contribution is 0.609. The number of hydrogen-bond donors (Lipinski definition) is 1. The molecule has 0 saturated carbocycles. The topological polar surface area (TPSA) is 64.0 Å². The summed E-state index contributed by atoms with van der Waals surface area (Å²) < 4.78 is 29.1. The molecule has 0 fully saturated rings. The first-order valence-electron chi connectivity index (χ1n) is 7.84. The zero-order valence-electron chi connectivity index (χ0n) is 14.0. The molecule has 1 heterocycles. The molecule has 128 valence electrons. The van der Waals surface area contributed by atoms with Crippen LogP contribution < -0.4 is 4.72 Å². The molecule has 0 unspecified atom stereocenters. The van der Waals surface area contributed by atoms with Crippen LogP contribution in [0.15, 0.2) is 66.1 Å². The molecule has 0 saturated heterocycles. The lowest BCUT2D eigenvalue weighted by Gasteiger charge is -2.06. The molecule has 0 radical (unpaired) electrons. The van der Waals surface area contributed by atoms with Crippen molar-refractivity contribution < 1.29 is 8.42 Å². The van der Waals surface area contributed by atoms with Gasteiger partial charge in [-0.05, 0) is 37.6 Å². The predicted octanol–water partition coefficient (Wildman–Crippen LogP) is 3.90. The second kappa shape index (κ2) is 6.94. The summed E-state index contributed by atoms with van der Waals surface area (Å²) >= 11 is 0. The van der Waals surface area contributed by atoms with Crippen LogP contribution in [0.1, 0.15) is 17.0 Å². The van der Waals surface area contributed by atoms with Crippen LogP contribution in [-0.4, -0.2) is 18.2 Å². The van der Waals surface area contributed by atoms with E-state index in [1.807, 2.05) is 67.6 Å². The Morgan fingerprint density at radius 1 is 0.960 bits per heavy atom. The van der Waals surface area contributed by atoms with Gasteiger partial charge in [-0.2, -0.15) is 5.10 Å². The maximum absolute atomic E-state index is 12.4. The lowest BCUT2D eigenvalue weighted by atomic mass is 10.2. The number of benzene rings is 2. The third-order valence-corrected chi connectivity index (χ3v) is 4.76. The van der Waals surface area contributed by atoms with Crippen LogP contribution in [-0.2, 0) is 10.0 Å². The van der Waals surface area contributed by atoms with Crippen LogP contribution in [0.3, 0.4) is 0 Å². The van der Waals surface area contributed by atoms with Crippen LogP contribution >= 0.6 is 0 Å². The molecule has 3 rings (SSSR count). The minimum atomic E-state index is -3.63. The molecule has 1 aromatic heterocycles. The molecule has 0 bridgehead atoms. The summed E-state index contributed by atoms with van der Waals surface area (Å²) in [6.45, 7) is 3.62. The summed E-state index contributed by atoms with van der Waals surface area (Å²) in [7, 11) is -3.63. The van der Waals surface area contributed by atoms with Crippen molar-refractivity contribution in [1.29, 1.82) is 0 Å². The summed E-state index contributed by atoms with van der Waals surface area (Å²) in [6.07, 6.45) is 1.56. The first-order chi connectivity index (χ1) is 12.0. The van der Waals surface area contributed by atoms with Gasteiger partial charge in [0.25, 0.3) is 10.0 Å². The Balaban J connectivity index is 1.88. The van der Waals surface area contributed by atoms with E-state index in [4.69, 9.17) is 0 Å². The molecule has 0 spiro atoms. The van der Waals surface area contributed by atoms with E-state index in [1.54, 1.807) is 17.7 Å². The number of aromatic nitrogens is 2. The molecule has 3 aromatic rings. The number of hydrogen-bond acceptors (Lipinski definition) is 3. The van der Waals surface area contributed by atoms with Gasteiger partial charge in [0.15, 0.2) is 0 Å². The number of anilines is 1. The lowest BCUT2D eigenvalue weighted by Crippen LogP contribution is -2.10. The molecule has 0 aliphatic heterocycles. The highest BCUT2D eigenvalue weighted by Gasteiger charge is 2.16. The Labute approximate surface area is 147 Å². The SMILES string of the molecule is Cc1nn(-c2ccccc2)c(C)c1NS(=O)(=O)/C=C/c1ccccc1. The number of nitrogens with zero attached hydrogens (tertiary/aromatic N) is 2. The first-order valence-corrected chi connectivity index (χ1v) is 9.38. The second-order valence-corrected chi connectivity index (χ2v) is 7.22. The Morgan fingerprint density at radius 3 is 2.20 bits per heavy atom. The van der Waals surface area contributed by atoms with Crippen LogP contribution in [0.4, 0.5) is 5.69 Å². The number of nitrogens with one attached hydrogen (secondary N) is 1. The van der Waals surface area contributed by atoms with Crippen molar-refractivity contribution >= 4 is 21.8 Å². The molecule has 0 aliphatic carbocycles. The van der Waals surface area contributed by atoms with E-state index in [1.165, 1.54) is 5.41 Å². The predicted molar refractivity (Wildman–Crippen MR) is 101 cm³/mol. The molecule has 1 N–H and O–H groups in total. The molecule has 5 nitrogen and oxygen atoms in total. The van der Waals surface area contributed by atoms with Gasteiger partial charge in [-0.3, -0.25) is 4.72 Å². The highest BCUT2D eigenvalue weighted by Crippen LogP contribution is 2.24. The maximum atomic E-state index is 12.4. The Bertz CT molecular complexity index is 992. The molecule has 0 amide bonds. The first kappa shape index (κ1) is 17.0. The van der Waals surface area contributed by atoms with Gasteiger partial charge in [0.05, 0.1) is 28.2 Å². The van der Waals surface area contributed by atoms with E-state index in [0.717, 1.165) is 16.9 Å². The van der Waals surface area contributed by atoms with Crippen molar-refractivity contribution in [1.82, 2.24) is 9.78 Å². The van der Waals surface area contributed by atoms with E-state index >= 15 is 0 Å². The molecule has 0 aliphatic rings. The van der Waals surface area contributed by atoms with Crippen LogP contribution in [0, 0.1) is 13.8 Å². The van der Waals surface area contributed by atoms with Crippen LogP contribution in [0.5, 0.6) is 0 Å². The molecular weight excluding hydrogens is 334 g/mol. The number of rotatable bonds is 5. The Kier molecular flexibility index (Phi) is 4.72. The monoisotopic (exact) mass is 353 g/mol. The third kappa shape index (κ3) is 3.97. The van der Waals surface area contributed by atoms with Gasteiger partial charge in [-0.1, -0.05) is 48.5 Å². The number of para-hydroxylation sites is 1. The summed E-state index contributed by atoms with van der Waals surface area (Å²) in [5.74, 6) is 0. The molecule has 0 atom stereocenters. The van der Waals surface area contributed by atoms with Gasteiger partial charge in [-0.25, -0.2) is 13.1 Å². The molecule has 6 heteroatoms. The average molecular weight is 353 g/mol. The highest BCUT2D eigenvalue weighted by atomic mass is 32.2. The summed E-state index contributed by atoms with van der Waals surface area (Å²) in [5.41, 5.74) is 3.56. The van der Waals surface area contributed by atoms with Crippen molar-refractivity contribution in [2.75, 3.05) is 4.72 Å². The minimum Gasteiger partial charge on any atom is -0.276 e. The zero-order valence-corrected chi connectivity index (χ0v) is 14.9. The second-order valence-electron chi connectivity index (χ2n) is 5.65. The van der Waals surface area contributed by atoms with Crippen molar-refractivity contribution in [3.63, 3.8) is 0 Å². The van der Waals surface area contributed by atoms with Gasteiger partial charge in [0, 0.05) is 0 Å². The fourth-order valence-electron chi connectivity index (χ4n) is 2.52. The molecular formula is C19H19N3O2S. The fourth-order valence-corrected chi connectivity index (χ4v) is 3.50. The number of sulfonamides is 1. The van der Waals surface area contributed by atoms with Gasteiger partial charge in [0.2, 0.25) is 0 Å². The number of aryl methyl sites for hydroxylation is 1. The Hall–Kier alpha value is -2.86. The van der Waals surface area contributed by atoms with Gasteiger partial charge in [0.1, 0.15) is 0 Å². The van der Waals surface area contributed by atoms with E-state index in [9.17, 15) is 8.42 Å². The Morgan fingerprint density at radius 2 is 1.56 bits per heavy atom. The van der Waals surface area contributed by atoms with Crippen LogP contribution in [0.25, 0.3) is 11.8 Å². The summed E-state index contributed by atoms with van der Waals surface area (Å²) in [4.78, 5) is 0. The van der Waals surface area contributed by atoms with Gasteiger partial charge >= 0.3 is 0 Å². The third-order valence-electron chi connectivity index (χ3n) is 3.78. The van der Waals surface area contributed by atoms with Crippen molar-refractivity contribution in [3.05, 3.63) is 83.0 Å². The van der Waals surface area contributed by atoms with Gasteiger partial charge < -0.3 is 0 Å². The van der Waals surface area contributed by atoms with E-state index in [-0.39, 0.29) is 0 Å². The average Bonchev–Trinajstić information content (AvgIpc) is 2.90. The minimum absolute atomic E-state index is 0.501. The van der Waals surface area contributed by atoms with E-state index in [2.05, 4.69) is 9.82 Å². The standard InChI is InChI=1S/C19H19N3O2S/c1-15-19(16(2)22(20-15)18-11-7-4-8-12-18)21-25(23,24)14-13-17-9-5-3-6-10-17/h3-14,21H,1-2H3/b14-13+. The maximum Gasteiger partial charge on any atom is 0.255 e. The van der Waals surface area contributed by atoms with Crippen molar-refractivity contribution in [2.24, 2.45) is 0 Å². The zero-order chi connectivity index (χ0) is 17.9. The van der Waals surface area contributed by atoms with Crippen molar-refractivity contribution in [2.45, 2.75) is 13.8 Å². The quantitative estimate of drug-likeness (QED) is 0.756. The fraction of sp³-hybridized carbons (Fsp3) is 0.105. The highest BCUT2D eigenvalue weighted by molar-refractivity contribution is 7.95. The largest absolute Gasteiger partial charge is 0.276 e. The normalized spacial score (nSPS) is 11.8. The van der Waals surface area contributed by atoms with Crippen LogP contribution in [0.2, 0.25) is 0 Å². The van der Waals surface area contributed by atoms with Gasteiger partial charge in [-0.15, -0.1) is 0 Å². The van der Waals surface area contributed by atoms with E-state index < -0.39 is 10.0 Å². The summed E-state index contributed by atoms with van der Waals surface area (Å²) in [5, 5.41) is 5.62. The smallest absolute Gasteiger partial charge is 0.255 e. The molecule has 2 aromatic carbocycles. The summed E-state index contributed by atoms with van der Waals surface area (Å²) in [6, 6.07) is 18.9. The molecule has 25 heavy (non-hydrogen) atoms. The van der Waals surface area contributed by atoms with Crippen molar-refractivity contribution in [3.8, 4) is 5.69 Å².